The highest BCUT2D eigenvalue weighted by Gasteiger charge is 2.21. The lowest BCUT2D eigenvalue weighted by Gasteiger charge is -2.23. The highest BCUT2D eigenvalue weighted by atomic mass is 35.5. The van der Waals surface area contributed by atoms with Crippen LogP contribution in [0.5, 0.6) is 0 Å². The molecule has 0 bridgehead atoms. The predicted octanol–water partition coefficient (Wildman–Crippen LogP) is 3.80. The molecule has 0 aliphatic rings. The summed E-state index contributed by atoms with van der Waals surface area (Å²) in [5, 5.41) is 18.2. The van der Waals surface area contributed by atoms with E-state index in [9.17, 15) is 9.90 Å². The summed E-state index contributed by atoms with van der Waals surface area (Å²) in [5.41, 5.74) is 2.51. The molecular formula is C21H23ClN4O2. The van der Waals surface area contributed by atoms with Crippen LogP contribution < -0.4 is 4.90 Å². The van der Waals surface area contributed by atoms with Gasteiger partial charge >= 0.3 is 0 Å². The number of aliphatic hydroxyl groups excluding tert-OH is 1. The number of rotatable bonds is 7. The Morgan fingerprint density at radius 3 is 2.46 bits per heavy atom. The maximum atomic E-state index is 13.3. The molecule has 146 valence electrons. The number of aryl methyl sites for hydroxylation is 1. The van der Waals surface area contributed by atoms with E-state index >= 15 is 0 Å². The standard InChI is InChI=1S/C21H23ClN4O2/c1-4-25(5-2)15-10-11-17(21(28)16-8-6-7-9-18(16)22)19(12-15)26-14(3)23-24-20(26)13-27/h6-12,27H,4-5,13H2,1-3H3. The number of nitrogens with zero attached hydrogens (tertiary/aromatic N) is 4. The van der Waals surface area contributed by atoms with Gasteiger partial charge in [0, 0.05) is 29.9 Å². The summed E-state index contributed by atoms with van der Waals surface area (Å²) >= 11 is 6.26. The van der Waals surface area contributed by atoms with Crippen LogP contribution in [0.25, 0.3) is 5.69 Å². The Labute approximate surface area is 169 Å². The number of halogens is 1. The van der Waals surface area contributed by atoms with Gasteiger partial charge in [0.1, 0.15) is 12.4 Å². The van der Waals surface area contributed by atoms with E-state index in [4.69, 9.17) is 11.6 Å². The fraction of sp³-hybridized carbons (Fsp3) is 0.286. The molecule has 1 aromatic heterocycles. The van der Waals surface area contributed by atoms with Crippen LogP contribution in [0.15, 0.2) is 42.5 Å². The maximum Gasteiger partial charge on any atom is 0.196 e. The van der Waals surface area contributed by atoms with Crippen LogP contribution in [0.2, 0.25) is 5.02 Å². The summed E-state index contributed by atoms with van der Waals surface area (Å²) in [6, 6.07) is 12.6. The van der Waals surface area contributed by atoms with E-state index in [0.717, 1.165) is 18.8 Å². The van der Waals surface area contributed by atoms with Crippen molar-refractivity contribution in [2.45, 2.75) is 27.4 Å². The molecule has 0 radical (unpaired) electrons. The van der Waals surface area contributed by atoms with Gasteiger partial charge in [-0.15, -0.1) is 10.2 Å². The van der Waals surface area contributed by atoms with Gasteiger partial charge in [0.05, 0.1) is 10.7 Å². The van der Waals surface area contributed by atoms with Crippen LogP contribution in [0.4, 0.5) is 5.69 Å². The largest absolute Gasteiger partial charge is 0.388 e. The molecule has 0 aliphatic carbocycles. The molecule has 28 heavy (non-hydrogen) atoms. The van der Waals surface area contributed by atoms with Crippen molar-refractivity contribution in [3.8, 4) is 5.69 Å². The number of ketones is 1. The monoisotopic (exact) mass is 398 g/mol. The second-order valence-electron chi connectivity index (χ2n) is 6.34. The lowest BCUT2D eigenvalue weighted by atomic mass is 10.0. The van der Waals surface area contributed by atoms with Crippen LogP contribution in [-0.4, -0.2) is 38.7 Å². The van der Waals surface area contributed by atoms with Crippen LogP contribution in [0.3, 0.4) is 0 Å². The molecule has 0 fully saturated rings. The molecule has 3 aromatic rings. The Hall–Kier alpha value is -2.70. The van der Waals surface area contributed by atoms with Crippen molar-refractivity contribution < 1.29 is 9.90 Å². The van der Waals surface area contributed by atoms with Crippen molar-refractivity contribution >= 4 is 23.1 Å². The molecule has 7 heteroatoms. The Kier molecular flexibility index (Phi) is 6.11. The molecule has 0 amide bonds. The molecular weight excluding hydrogens is 376 g/mol. The number of aromatic nitrogens is 3. The summed E-state index contributed by atoms with van der Waals surface area (Å²) in [7, 11) is 0. The lowest BCUT2D eigenvalue weighted by molar-refractivity contribution is 0.103. The number of carbonyl (C=O) groups is 1. The zero-order chi connectivity index (χ0) is 20.3. The molecule has 1 heterocycles. The number of benzene rings is 2. The zero-order valence-electron chi connectivity index (χ0n) is 16.2. The van der Waals surface area contributed by atoms with E-state index in [1.807, 2.05) is 12.1 Å². The average molecular weight is 399 g/mol. The molecule has 0 saturated heterocycles. The third kappa shape index (κ3) is 3.66. The first-order valence-corrected chi connectivity index (χ1v) is 9.59. The van der Waals surface area contributed by atoms with Gasteiger partial charge in [-0.1, -0.05) is 23.7 Å². The smallest absolute Gasteiger partial charge is 0.196 e. The van der Waals surface area contributed by atoms with E-state index in [0.29, 0.717) is 33.5 Å². The van der Waals surface area contributed by atoms with E-state index in [1.54, 1.807) is 41.8 Å². The van der Waals surface area contributed by atoms with Gasteiger partial charge in [0.15, 0.2) is 11.6 Å². The summed E-state index contributed by atoms with van der Waals surface area (Å²) in [4.78, 5) is 15.5. The van der Waals surface area contributed by atoms with E-state index < -0.39 is 0 Å². The first kappa shape index (κ1) is 20.0. The van der Waals surface area contributed by atoms with Gasteiger partial charge in [0.2, 0.25) is 0 Å². The number of carbonyl (C=O) groups excluding carboxylic acids is 1. The third-order valence-electron chi connectivity index (χ3n) is 4.75. The number of hydrogen-bond donors (Lipinski definition) is 1. The predicted molar refractivity (Wildman–Crippen MR) is 110 cm³/mol. The fourth-order valence-electron chi connectivity index (χ4n) is 3.29. The van der Waals surface area contributed by atoms with Crippen LogP contribution >= 0.6 is 11.6 Å². The highest BCUT2D eigenvalue weighted by Crippen LogP contribution is 2.28. The molecule has 0 saturated carbocycles. The number of hydrogen-bond acceptors (Lipinski definition) is 5. The molecule has 0 aliphatic heterocycles. The van der Waals surface area contributed by atoms with Gasteiger partial charge in [-0.2, -0.15) is 0 Å². The average Bonchev–Trinajstić information content (AvgIpc) is 3.09. The van der Waals surface area contributed by atoms with Crippen LogP contribution in [0.1, 0.15) is 41.4 Å². The van der Waals surface area contributed by atoms with Crippen molar-refractivity contribution in [3.63, 3.8) is 0 Å². The molecule has 6 nitrogen and oxygen atoms in total. The topological polar surface area (TPSA) is 71.2 Å². The van der Waals surface area contributed by atoms with E-state index in [2.05, 4.69) is 28.9 Å². The van der Waals surface area contributed by atoms with Gasteiger partial charge in [-0.05, 0) is 51.1 Å². The number of anilines is 1. The lowest BCUT2D eigenvalue weighted by Crippen LogP contribution is -2.22. The van der Waals surface area contributed by atoms with Gasteiger partial charge in [0.25, 0.3) is 0 Å². The minimum Gasteiger partial charge on any atom is -0.388 e. The SMILES string of the molecule is CCN(CC)c1ccc(C(=O)c2ccccc2Cl)c(-n2c(C)nnc2CO)c1. The molecule has 0 unspecified atom stereocenters. The molecule has 0 atom stereocenters. The van der Waals surface area contributed by atoms with Crippen molar-refractivity contribution in [2.24, 2.45) is 0 Å². The van der Waals surface area contributed by atoms with Crippen molar-refractivity contribution in [1.82, 2.24) is 14.8 Å². The summed E-state index contributed by atoms with van der Waals surface area (Å²) in [6.45, 7) is 7.34. The second kappa shape index (κ2) is 8.54. The summed E-state index contributed by atoms with van der Waals surface area (Å²) in [6.07, 6.45) is 0. The van der Waals surface area contributed by atoms with Crippen molar-refractivity contribution in [3.05, 3.63) is 70.3 Å². The quantitative estimate of drug-likeness (QED) is 0.613. The first-order chi connectivity index (χ1) is 13.5. The second-order valence-corrected chi connectivity index (χ2v) is 6.75. The van der Waals surface area contributed by atoms with Gasteiger partial charge in [-0.3, -0.25) is 9.36 Å². The van der Waals surface area contributed by atoms with Crippen molar-refractivity contribution in [2.75, 3.05) is 18.0 Å². The first-order valence-electron chi connectivity index (χ1n) is 9.22. The summed E-state index contributed by atoms with van der Waals surface area (Å²) in [5.74, 6) is 0.778. The fourth-order valence-corrected chi connectivity index (χ4v) is 3.52. The van der Waals surface area contributed by atoms with E-state index in [1.165, 1.54) is 0 Å². The molecule has 1 N–H and O–H groups in total. The highest BCUT2D eigenvalue weighted by molar-refractivity contribution is 6.35. The third-order valence-corrected chi connectivity index (χ3v) is 5.08. The van der Waals surface area contributed by atoms with Crippen molar-refractivity contribution in [1.29, 1.82) is 0 Å². The molecule has 3 rings (SSSR count). The number of aliphatic hydroxyl groups is 1. The van der Waals surface area contributed by atoms with Crippen LogP contribution in [-0.2, 0) is 6.61 Å². The van der Waals surface area contributed by atoms with Gasteiger partial charge < -0.3 is 10.0 Å². The Balaban J connectivity index is 2.24. The van der Waals surface area contributed by atoms with Gasteiger partial charge in [-0.25, -0.2) is 0 Å². The summed E-state index contributed by atoms with van der Waals surface area (Å²) < 4.78 is 1.72. The maximum absolute atomic E-state index is 13.3. The Bertz CT molecular complexity index is 996. The zero-order valence-corrected chi connectivity index (χ0v) is 16.9. The van der Waals surface area contributed by atoms with E-state index in [-0.39, 0.29) is 12.4 Å². The molecule has 0 spiro atoms. The Morgan fingerprint density at radius 2 is 1.82 bits per heavy atom. The molecule has 2 aromatic carbocycles. The minimum absolute atomic E-state index is 0.191. The Morgan fingerprint density at radius 1 is 1.11 bits per heavy atom. The van der Waals surface area contributed by atoms with Crippen LogP contribution in [0, 0.1) is 6.92 Å². The normalized spacial score (nSPS) is 10.9. The minimum atomic E-state index is -0.282.